The number of hydrogen-bond acceptors (Lipinski definition) is 1. The Balaban J connectivity index is 1.69. The molecule has 0 aliphatic heterocycles. The summed E-state index contributed by atoms with van der Waals surface area (Å²) in [5.41, 5.74) is 3.97. The summed E-state index contributed by atoms with van der Waals surface area (Å²) in [5, 5.41) is 1.13. The van der Waals surface area contributed by atoms with Crippen molar-refractivity contribution in [3.8, 4) is 0 Å². The molecule has 1 nitrogen and oxygen atoms in total. The van der Waals surface area contributed by atoms with Crippen LogP contribution in [0.3, 0.4) is 0 Å². The van der Waals surface area contributed by atoms with Crippen LogP contribution in [0.4, 0.5) is 0 Å². The van der Waals surface area contributed by atoms with Crippen LogP contribution in [-0.2, 0) is 4.79 Å². The minimum Gasteiger partial charge on any atom is -0.295 e. The van der Waals surface area contributed by atoms with Gasteiger partial charge in [-0.15, -0.1) is 0 Å². The molecule has 2 heteroatoms. The van der Waals surface area contributed by atoms with Gasteiger partial charge in [0.2, 0.25) is 0 Å². The number of allylic oxidation sites excluding steroid dienone is 4. The fourth-order valence-corrected chi connectivity index (χ4v) is 7.39. The zero-order valence-corrected chi connectivity index (χ0v) is 17.0. The lowest BCUT2D eigenvalue weighted by molar-refractivity contribution is -0.116. The smallest absolute Gasteiger partial charge is 0.155 e. The summed E-state index contributed by atoms with van der Waals surface area (Å²) in [4.78, 5) is 11.9. The van der Waals surface area contributed by atoms with Gasteiger partial charge in [0.1, 0.15) is 0 Å². The van der Waals surface area contributed by atoms with E-state index in [4.69, 9.17) is 0 Å². The summed E-state index contributed by atoms with van der Waals surface area (Å²) in [5.74, 6) is 3.48. The van der Waals surface area contributed by atoms with Gasteiger partial charge in [-0.25, -0.2) is 0 Å². The standard InChI is InChI=1S/C22H31BrO/c1-14(13-23)18-6-7-19-17-5-4-15-12-16(24)8-10-21(15,2)20(17)9-11-22(18,19)3/h5,12,14,18-20H,4,6-11,13H2,1-3H3/t14-,18-,19?,20?,21-,22-/m1/s1. The van der Waals surface area contributed by atoms with Crippen molar-refractivity contribution in [3.63, 3.8) is 0 Å². The highest BCUT2D eigenvalue weighted by Crippen LogP contribution is 2.66. The Kier molecular flexibility index (Phi) is 4.14. The topological polar surface area (TPSA) is 17.1 Å². The highest BCUT2D eigenvalue weighted by atomic mass is 79.9. The Morgan fingerprint density at radius 3 is 2.75 bits per heavy atom. The molecule has 0 radical (unpaired) electrons. The lowest BCUT2D eigenvalue weighted by atomic mass is 9.50. The first-order valence-corrected chi connectivity index (χ1v) is 11.0. The Morgan fingerprint density at radius 1 is 1.21 bits per heavy atom. The number of carbonyl (C=O) groups excluding carboxylic acids is 1. The average molecular weight is 391 g/mol. The molecule has 2 fully saturated rings. The highest BCUT2D eigenvalue weighted by Gasteiger charge is 2.56. The molecule has 4 aliphatic rings. The van der Waals surface area contributed by atoms with Crippen molar-refractivity contribution in [2.24, 2.45) is 34.5 Å². The highest BCUT2D eigenvalue weighted by molar-refractivity contribution is 9.09. The van der Waals surface area contributed by atoms with Crippen LogP contribution in [0.1, 0.15) is 65.7 Å². The lowest BCUT2D eigenvalue weighted by Gasteiger charge is -2.55. The summed E-state index contributed by atoms with van der Waals surface area (Å²) in [6, 6.07) is 0. The van der Waals surface area contributed by atoms with E-state index in [-0.39, 0.29) is 5.41 Å². The minimum absolute atomic E-state index is 0.262. The molecule has 0 bridgehead atoms. The van der Waals surface area contributed by atoms with Crippen LogP contribution < -0.4 is 0 Å². The Morgan fingerprint density at radius 2 is 2.00 bits per heavy atom. The molecule has 0 amide bonds. The monoisotopic (exact) mass is 390 g/mol. The predicted octanol–water partition coefficient (Wildman–Crippen LogP) is 6.09. The van der Waals surface area contributed by atoms with Gasteiger partial charge in [0.05, 0.1) is 0 Å². The van der Waals surface area contributed by atoms with E-state index in [9.17, 15) is 4.79 Å². The molecule has 0 aromatic rings. The molecule has 4 aliphatic carbocycles. The zero-order valence-electron chi connectivity index (χ0n) is 15.4. The maximum Gasteiger partial charge on any atom is 0.155 e. The third-order valence-corrected chi connectivity index (χ3v) is 9.42. The normalized spacial score (nSPS) is 45.7. The molecule has 6 atom stereocenters. The number of halogens is 1. The summed E-state index contributed by atoms with van der Waals surface area (Å²) in [6.07, 6.45) is 12.9. The van der Waals surface area contributed by atoms with Gasteiger partial charge in [-0.3, -0.25) is 4.79 Å². The molecular weight excluding hydrogens is 360 g/mol. The number of carbonyl (C=O) groups is 1. The summed E-state index contributed by atoms with van der Waals surface area (Å²) in [7, 11) is 0. The van der Waals surface area contributed by atoms with Gasteiger partial charge in [0.15, 0.2) is 5.78 Å². The third-order valence-electron chi connectivity index (χ3n) is 8.40. The largest absolute Gasteiger partial charge is 0.295 e. The van der Waals surface area contributed by atoms with Gasteiger partial charge in [-0.1, -0.05) is 53.9 Å². The molecule has 0 heterocycles. The molecule has 0 aromatic carbocycles. The van der Waals surface area contributed by atoms with E-state index in [0.29, 0.717) is 17.1 Å². The van der Waals surface area contributed by atoms with Gasteiger partial charge in [-0.2, -0.15) is 0 Å². The van der Waals surface area contributed by atoms with Crippen molar-refractivity contribution in [2.45, 2.75) is 65.7 Å². The second-order valence-electron chi connectivity index (χ2n) is 9.43. The van der Waals surface area contributed by atoms with E-state index in [2.05, 4.69) is 42.8 Å². The molecule has 4 rings (SSSR count). The van der Waals surface area contributed by atoms with Crippen LogP contribution in [0.5, 0.6) is 0 Å². The van der Waals surface area contributed by atoms with Gasteiger partial charge in [0.25, 0.3) is 0 Å². The first kappa shape index (κ1) is 17.1. The average Bonchev–Trinajstić information content (AvgIpc) is 2.92. The Bertz CT molecular complexity index is 617. The molecule has 132 valence electrons. The van der Waals surface area contributed by atoms with Crippen molar-refractivity contribution >= 4 is 21.7 Å². The van der Waals surface area contributed by atoms with E-state index < -0.39 is 0 Å². The second-order valence-corrected chi connectivity index (χ2v) is 10.1. The quantitative estimate of drug-likeness (QED) is 0.411. The van der Waals surface area contributed by atoms with Crippen molar-refractivity contribution in [1.82, 2.24) is 0 Å². The van der Waals surface area contributed by atoms with Crippen LogP contribution in [0.15, 0.2) is 23.3 Å². The van der Waals surface area contributed by atoms with E-state index >= 15 is 0 Å². The van der Waals surface area contributed by atoms with Gasteiger partial charge in [0, 0.05) is 11.8 Å². The predicted molar refractivity (Wildman–Crippen MR) is 103 cm³/mol. The molecule has 0 aromatic heterocycles. The van der Waals surface area contributed by atoms with E-state index in [1.54, 1.807) is 5.57 Å². The van der Waals surface area contributed by atoms with Crippen LogP contribution in [0.2, 0.25) is 0 Å². The molecular formula is C22H31BrO. The number of fused-ring (bicyclic) bond motifs is 5. The van der Waals surface area contributed by atoms with E-state index in [1.165, 1.54) is 31.3 Å². The summed E-state index contributed by atoms with van der Waals surface area (Å²) in [6.45, 7) is 7.48. The van der Waals surface area contributed by atoms with Gasteiger partial charge in [-0.05, 0) is 79.1 Å². The lowest BCUT2D eigenvalue weighted by Crippen LogP contribution is -2.46. The molecule has 2 unspecified atom stereocenters. The number of hydrogen-bond donors (Lipinski definition) is 0. The zero-order chi connectivity index (χ0) is 17.1. The third kappa shape index (κ3) is 2.27. The minimum atomic E-state index is 0.262. The molecule has 0 spiro atoms. The molecule has 0 N–H and O–H groups in total. The molecule has 24 heavy (non-hydrogen) atoms. The number of rotatable bonds is 2. The van der Waals surface area contributed by atoms with Crippen LogP contribution in [-0.4, -0.2) is 11.1 Å². The van der Waals surface area contributed by atoms with Gasteiger partial charge < -0.3 is 0 Å². The maximum absolute atomic E-state index is 11.9. The summed E-state index contributed by atoms with van der Waals surface area (Å²) >= 11 is 3.74. The second kappa shape index (κ2) is 5.83. The Hall–Kier alpha value is -0.370. The van der Waals surface area contributed by atoms with Crippen molar-refractivity contribution in [3.05, 3.63) is 23.3 Å². The number of alkyl halides is 1. The van der Waals surface area contributed by atoms with Gasteiger partial charge >= 0.3 is 0 Å². The molecule has 2 saturated carbocycles. The van der Waals surface area contributed by atoms with Crippen LogP contribution >= 0.6 is 15.9 Å². The fraction of sp³-hybridized carbons (Fsp3) is 0.773. The van der Waals surface area contributed by atoms with Crippen molar-refractivity contribution in [1.29, 1.82) is 0 Å². The first-order chi connectivity index (χ1) is 11.4. The fourth-order valence-electron chi connectivity index (χ4n) is 6.94. The van der Waals surface area contributed by atoms with Crippen molar-refractivity contribution < 1.29 is 4.79 Å². The summed E-state index contributed by atoms with van der Waals surface area (Å²) < 4.78 is 0. The van der Waals surface area contributed by atoms with E-state index in [0.717, 1.165) is 42.3 Å². The number of ketones is 1. The van der Waals surface area contributed by atoms with Crippen LogP contribution in [0.25, 0.3) is 0 Å². The molecule has 0 saturated heterocycles. The first-order valence-electron chi connectivity index (χ1n) is 9.90. The maximum atomic E-state index is 11.9. The van der Waals surface area contributed by atoms with Crippen molar-refractivity contribution in [2.75, 3.05) is 5.33 Å². The van der Waals surface area contributed by atoms with E-state index in [1.807, 2.05) is 6.08 Å². The SMILES string of the molecule is C[C@H](CBr)[C@H]1CCC2C3=CCC4=CC(=O)CC[C@@]4(C)C3CC[C@@]21C. The van der Waals surface area contributed by atoms with Crippen LogP contribution in [0, 0.1) is 34.5 Å². The Labute approximate surface area is 155 Å².